The van der Waals surface area contributed by atoms with E-state index in [9.17, 15) is 19.2 Å². The quantitative estimate of drug-likeness (QED) is 0.0275. The minimum absolute atomic E-state index is 0. The van der Waals surface area contributed by atoms with Gasteiger partial charge >= 0.3 is 83.0 Å². The molecule has 0 aliphatic heterocycles. The monoisotopic (exact) mass is 785 g/mol. The zero-order valence-corrected chi connectivity index (χ0v) is 33.6. The molecule has 0 aromatic heterocycles. The fourth-order valence-corrected chi connectivity index (χ4v) is 6.51. The molecule has 0 aromatic rings. The van der Waals surface area contributed by atoms with Gasteiger partial charge in [0.2, 0.25) is 0 Å². The van der Waals surface area contributed by atoms with Crippen LogP contribution in [0.3, 0.4) is 0 Å². The van der Waals surface area contributed by atoms with Crippen LogP contribution < -0.4 is 0 Å². The van der Waals surface area contributed by atoms with Gasteiger partial charge in [0.05, 0.1) is 0 Å². The summed E-state index contributed by atoms with van der Waals surface area (Å²) in [5.41, 5.74) is 0.00530. The summed E-state index contributed by atoms with van der Waals surface area (Å²) in [5, 5.41) is 35.1. The van der Waals surface area contributed by atoms with E-state index in [4.69, 9.17) is 20.4 Å². The van der Waals surface area contributed by atoms with Crippen LogP contribution in [0.4, 0.5) is 0 Å². The van der Waals surface area contributed by atoms with Gasteiger partial charge in [-0.05, 0) is 25.7 Å². The van der Waals surface area contributed by atoms with Crippen molar-refractivity contribution < 1.29 is 39.6 Å². The van der Waals surface area contributed by atoms with Crippen LogP contribution in [-0.4, -0.2) is 103 Å². The van der Waals surface area contributed by atoms with Crippen molar-refractivity contribution >= 4 is 83.0 Å². The predicted octanol–water partition coefficient (Wildman–Crippen LogP) is 12.2. The van der Waals surface area contributed by atoms with Crippen molar-refractivity contribution in [3.8, 4) is 0 Å². The van der Waals surface area contributed by atoms with Crippen LogP contribution in [0.15, 0.2) is 23.3 Å². The molecule has 8 nitrogen and oxygen atoms in total. The fourth-order valence-electron chi connectivity index (χ4n) is 6.51. The first kappa shape index (κ1) is 60.0. The summed E-state index contributed by atoms with van der Waals surface area (Å²) in [4.78, 5) is 42.9. The van der Waals surface area contributed by atoms with E-state index in [1.54, 1.807) is 0 Å². The van der Waals surface area contributed by atoms with E-state index >= 15 is 0 Å². The number of carboxylic acids is 4. The van der Waals surface area contributed by atoms with Crippen molar-refractivity contribution in [1.29, 1.82) is 0 Å². The van der Waals surface area contributed by atoms with Crippen molar-refractivity contribution in [1.82, 2.24) is 0 Å². The normalized spacial score (nSPS) is 11.2. The molecule has 0 radical (unpaired) electrons. The van der Waals surface area contributed by atoms with E-state index < -0.39 is 23.9 Å². The summed E-state index contributed by atoms with van der Waals surface area (Å²) in [6.45, 7) is 4.52. The van der Waals surface area contributed by atoms with E-state index in [0.717, 1.165) is 50.7 Å². The maximum atomic E-state index is 10.9. The van der Waals surface area contributed by atoms with Gasteiger partial charge in [0.1, 0.15) is 0 Å². The average molecular weight is 785 g/mol. The maximum absolute atomic E-state index is 10.9. The van der Waals surface area contributed by atoms with Crippen molar-refractivity contribution in [3.63, 3.8) is 0 Å². The van der Waals surface area contributed by atoms with Gasteiger partial charge in [0, 0.05) is 23.3 Å². The number of carbonyl (C=O) groups is 4. The van der Waals surface area contributed by atoms with E-state index in [1.807, 2.05) is 0 Å². The third-order valence-corrected chi connectivity index (χ3v) is 9.74. The Hall–Kier alpha value is -0.640. The van der Waals surface area contributed by atoms with Crippen molar-refractivity contribution in [2.45, 2.75) is 232 Å². The van der Waals surface area contributed by atoms with Crippen LogP contribution in [0.1, 0.15) is 232 Å². The van der Waals surface area contributed by atoms with Gasteiger partial charge < -0.3 is 20.4 Å². The summed E-state index contributed by atoms with van der Waals surface area (Å²) < 4.78 is 0. The van der Waals surface area contributed by atoms with Crippen LogP contribution >= 0.6 is 0 Å². The molecule has 0 saturated heterocycles. The molecule has 308 valence electrons. The first-order valence-corrected chi connectivity index (χ1v) is 21.5. The second kappa shape index (κ2) is 48.5. The molecule has 0 aromatic carbocycles. The third kappa shape index (κ3) is 49.4. The molecule has 0 atom stereocenters. The molecular weight excluding hydrogens is 702 g/mol. The Morgan fingerprint density at radius 1 is 0.315 bits per heavy atom. The third-order valence-electron chi connectivity index (χ3n) is 9.74. The molecule has 0 amide bonds. The van der Waals surface area contributed by atoms with E-state index in [2.05, 4.69) is 13.8 Å². The van der Waals surface area contributed by atoms with E-state index in [1.165, 1.54) is 167 Å². The standard InChI is InChI=1S/2C22H40O4.2Na.2H/c2*1-2-3-4-5-6-7-8-9-10-11-12-13-14-15-16-17-18-20(22(25)26)19-21(23)24;;;;/h2*19H,2-18H2,1H3,(H,23,24)(H,25,26);;;;/b2*20-19+;;;;. The Kier molecular flexibility index (Phi) is 53.9. The molecule has 54 heavy (non-hydrogen) atoms. The summed E-state index contributed by atoms with van der Waals surface area (Å²) in [5.74, 6) is -4.60. The van der Waals surface area contributed by atoms with Crippen LogP contribution in [0.2, 0.25) is 0 Å². The van der Waals surface area contributed by atoms with Gasteiger partial charge in [-0.1, -0.05) is 206 Å². The van der Waals surface area contributed by atoms with Gasteiger partial charge in [-0.15, -0.1) is 0 Å². The molecule has 10 heteroatoms. The van der Waals surface area contributed by atoms with Crippen molar-refractivity contribution in [3.05, 3.63) is 23.3 Å². The number of hydrogen-bond donors (Lipinski definition) is 4. The van der Waals surface area contributed by atoms with Gasteiger partial charge in [0.15, 0.2) is 0 Å². The zero-order valence-electron chi connectivity index (χ0n) is 33.6. The van der Waals surface area contributed by atoms with Gasteiger partial charge in [-0.25, -0.2) is 19.2 Å². The molecule has 0 unspecified atom stereocenters. The summed E-state index contributed by atoms with van der Waals surface area (Å²) >= 11 is 0. The minimum atomic E-state index is -1.18. The second-order valence-corrected chi connectivity index (χ2v) is 14.7. The molecule has 0 heterocycles. The Bertz CT molecular complexity index is 862. The summed E-state index contributed by atoms with van der Waals surface area (Å²) in [6.07, 6.45) is 43.1. The Labute approximate surface area is 375 Å². The Morgan fingerprint density at radius 3 is 0.630 bits per heavy atom. The molecule has 0 saturated carbocycles. The summed E-state index contributed by atoms with van der Waals surface area (Å²) in [7, 11) is 0. The number of hydrogen-bond acceptors (Lipinski definition) is 4. The molecule has 4 N–H and O–H groups in total. The van der Waals surface area contributed by atoms with Crippen LogP contribution in [-0.2, 0) is 19.2 Å². The second-order valence-electron chi connectivity index (χ2n) is 14.7. The molecule has 0 spiro atoms. The topological polar surface area (TPSA) is 149 Å². The first-order chi connectivity index (χ1) is 25.1. The van der Waals surface area contributed by atoms with Gasteiger partial charge in [-0.3, -0.25) is 0 Å². The van der Waals surface area contributed by atoms with Crippen molar-refractivity contribution in [2.75, 3.05) is 0 Å². The Balaban J connectivity index is -0.000000446. The molecule has 0 aliphatic carbocycles. The number of aliphatic carboxylic acids is 4. The predicted molar refractivity (Wildman–Crippen MR) is 229 cm³/mol. The van der Waals surface area contributed by atoms with Crippen LogP contribution in [0.5, 0.6) is 0 Å². The zero-order chi connectivity index (χ0) is 38.9. The molecule has 0 aliphatic rings. The van der Waals surface area contributed by atoms with Gasteiger partial charge in [-0.2, -0.15) is 0 Å². The van der Waals surface area contributed by atoms with E-state index in [-0.39, 0.29) is 70.3 Å². The van der Waals surface area contributed by atoms with Crippen LogP contribution in [0, 0.1) is 0 Å². The fraction of sp³-hybridized carbons (Fsp3) is 0.818. The molecular formula is C44H82Na2O8. The van der Waals surface area contributed by atoms with Crippen LogP contribution in [0.25, 0.3) is 0 Å². The van der Waals surface area contributed by atoms with Crippen molar-refractivity contribution in [2.24, 2.45) is 0 Å². The number of unbranched alkanes of at least 4 members (excludes halogenated alkanes) is 30. The molecule has 0 rings (SSSR count). The Morgan fingerprint density at radius 2 is 0.481 bits per heavy atom. The molecule has 0 fully saturated rings. The van der Waals surface area contributed by atoms with Gasteiger partial charge in [0.25, 0.3) is 0 Å². The first-order valence-electron chi connectivity index (χ1n) is 21.5. The number of carboxylic acid groups (broad SMARTS) is 4. The summed E-state index contributed by atoms with van der Waals surface area (Å²) in [6, 6.07) is 0. The average Bonchev–Trinajstić information content (AvgIpc) is 3.10. The molecule has 0 bridgehead atoms. The van der Waals surface area contributed by atoms with E-state index in [0.29, 0.717) is 12.8 Å². The number of rotatable bonds is 38. The SMILES string of the molecule is CCCCCCCCCCCCCCCCCC/C(=C\C(=O)O)C(=O)O.CCCCCCCCCCCCCCCCCC/C(=C\C(=O)O)C(=O)O.[NaH].[NaH].